The van der Waals surface area contributed by atoms with Crippen molar-refractivity contribution in [2.24, 2.45) is 0 Å². The molecular formula is C28H32F2N4O5. The summed E-state index contributed by atoms with van der Waals surface area (Å²) in [7, 11) is 0. The third kappa shape index (κ3) is 6.43. The Kier molecular flexibility index (Phi) is 8.31. The molecule has 2 aliphatic rings. The van der Waals surface area contributed by atoms with Crippen molar-refractivity contribution in [1.82, 2.24) is 14.7 Å². The summed E-state index contributed by atoms with van der Waals surface area (Å²) >= 11 is 0. The highest BCUT2D eigenvalue weighted by Crippen LogP contribution is 2.47. The SMILES string of the molecule is CC(C)(C)OC=O.CCn1nc(-c2cccc(OC(F)F)c2)cc1N(C=O)c1ccc(C23CN2CCO3)cc1. The van der Waals surface area contributed by atoms with Crippen LogP contribution in [0.2, 0.25) is 0 Å². The van der Waals surface area contributed by atoms with E-state index in [9.17, 15) is 18.4 Å². The zero-order valence-electron chi connectivity index (χ0n) is 22.3. The van der Waals surface area contributed by atoms with E-state index < -0.39 is 6.61 Å². The molecule has 0 aliphatic carbocycles. The largest absolute Gasteiger partial charge is 0.462 e. The standard InChI is InChI=1S/C23H22F2N4O3.C5H10O2/c1-2-29-21(13-20(26-29)16-4-3-5-19(12-16)32-22(24)25)28(15-30)18-8-6-17(7-9-18)23-14-27(23)10-11-31-23;1-5(2,3)7-4-6/h3-9,12-13,15,22H,2,10-11,14H2,1H3;4H,1-3H3. The Balaban J connectivity index is 0.000000448. The zero-order chi connectivity index (χ0) is 28.2. The summed E-state index contributed by atoms with van der Waals surface area (Å²) in [6.07, 6.45) is 0.742. The van der Waals surface area contributed by atoms with Gasteiger partial charge in [-0.3, -0.25) is 19.4 Å². The van der Waals surface area contributed by atoms with Crippen molar-refractivity contribution >= 4 is 24.4 Å². The lowest BCUT2D eigenvalue weighted by Crippen LogP contribution is -2.19. The quantitative estimate of drug-likeness (QED) is 0.280. The van der Waals surface area contributed by atoms with Gasteiger partial charge in [0.1, 0.15) is 17.2 Å². The van der Waals surface area contributed by atoms with Crippen LogP contribution in [0.5, 0.6) is 5.75 Å². The molecule has 2 atom stereocenters. The Labute approximate surface area is 225 Å². The Bertz CT molecular complexity index is 1290. The van der Waals surface area contributed by atoms with E-state index in [0.29, 0.717) is 35.8 Å². The number of nitrogens with zero attached hydrogens (tertiary/aromatic N) is 4. The van der Waals surface area contributed by atoms with E-state index in [1.165, 1.54) is 17.0 Å². The molecule has 3 heterocycles. The molecule has 39 heavy (non-hydrogen) atoms. The molecule has 1 amide bonds. The Morgan fingerprint density at radius 3 is 2.41 bits per heavy atom. The third-order valence-corrected chi connectivity index (χ3v) is 6.28. The van der Waals surface area contributed by atoms with Crippen molar-refractivity contribution < 1.29 is 32.6 Å². The molecule has 208 valence electrons. The lowest BCUT2D eigenvalue weighted by Gasteiger charge is -2.19. The van der Waals surface area contributed by atoms with Gasteiger partial charge in [-0.15, -0.1) is 0 Å². The first-order valence-electron chi connectivity index (χ1n) is 12.6. The van der Waals surface area contributed by atoms with Crippen LogP contribution >= 0.6 is 0 Å². The molecule has 2 saturated heterocycles. The van der Waals surface area contributed by atoms with E-state index in [0.717, 1.165) is 31.7 Å². The summed E-state index contributed by atoms with van der Waals surface area (Å²) < 4.78 is 41.8. The smallest absolute Gasteiger partial charge is 0.387 e. The molecule has 0 bridgehead atoms. The summed E-state index contributed by atoms with van der Waals surface area (Å²) in [4.78, 5) is 25.4. The summed E-state index contributed by atoms with van der Waals surface area (Å²) in [5.41, 5.74) is 2.32. The van der Waals surface area contributed by atoms with E-state index in [4.69, 9.17) is 4.74 Å². The Morgan fingerprint density at radius 1 is 1.15 bits per heavy atom. The fourth-order valence-corrected chi connectivity index (χ4v) is 4.38. The number of aromatic nitrogens is 2. The number of rotatable bonds is 9. The fraction of sp³-hybridized carbons (Fsp3) is 0.393. The van der Waals surface area contributed by atoms with Crippen LogP contribution < -0.4 is 9.64 Å². The summed E-state index contributed by atoms with van der Waals surface area (Å²) in [6.45, 7) is 8.01. The molecule has 0 saturated carbocycles. The Hall–Kier alpha value is -3.83. The number of morpholine rings is 1. The van der Waals surface area contributed by atoms with Crippen molar-refractivity contribution in [1.29, 1.82) is 0 Å². The van der Waals surface area contributed by atoms with Crippen LogP contribution in [0.4, 0.5) is 20.3 Å². The van der Waals surface area contributed by atoms with Crippen LogP contribution in [0.15, 0.2) is 54.6 Å². The maximum atomic E-state index is 12.6. The molecule has 0 N–H and O–H groups in total. The van der Waals surface area contributed by atoms with Crippen molar-refractivity contribution in [3.63, 3.8) is 0 Å². The first kappa shape index (κ1) is 28.2. The van der Waals surface area contributed by atoms with Crippen LogP contribution in [-0.4, -0.2) is 59.5 Å². The highest BCUT2D eigenvalue weighted by molar-refractivity contribution is 5.86. The number of carbonyl (C=O) groups excluding carboxylic acids is 2. The first-order valence-corrected chi connectivity index (χ1v) is 12.6. The lowest BCUT2D eigenvalue weighted by atomic mass is 10.1. The number of aryl methyl sites for hydroxylation is 1. The van der Waals surface area contributed by atoms with E-state index in [1.807, 2.05) is 52.0 Å². The van der Waals surface area contributed by atoms with Crippen molar-refractivity contribution in [3.8, 4) is 17.0 Å². The van der Waals surface area contributed by atoms with Gasteiger partial charge < -0.3 is 14.2 Å². The van der Waals surface area contributed by atoms with E-state index >= 15 is 0 Å². The minimum absolute atomic E-state index is 0.0514. The van der Waals surface area contributed by atoms with Gasteiger partial charge in [0.25, 0.3) is 6.47 Å². The van der Waals surface area contributed by atoms with Crippen molar-refractivity contribution in [2.75, 3.05) is 24.6 Å². The summed E-state index contributed by atoms with van der Waals surface area (Å²) in [5, 5.41) is 4.56. The second-order valence-electron chi connectivity index (χ2n) is 10.0. The van der Waals surface area contributed by atoms with Crippen molar-refractivity contribution in [2.45, 2.75) is 52.2 Å². The van der Waals surface area contributed by atoms with Crippen LogP contribution in [0.3, 0.4) is 0 Å². The summed E-state index contributed by atoms with van der Waals surface area (Å²) in [6, 6.07) is 15.8. The van der Waals surface area contributed by atoms with Gasteiger partial charge >= 0.3 is 6.61 Å². The number of alkyl halides is 2. The predicted molar refractivity (Wildman–Crippen MR) is 141 cm³/mol. The predicted octanol–water partition coefficient (Wildman–Crippen LogP) is 4.92. The van der Waals surface area contributed by atoms with Crippen molar-refractivity contribution in [3.05, 3.63) is 60.2 Å². The van der Waals surface area contributed by atoms with Gasteiger partial charge in [-0.1, -0.05) is 24.3 Å². The zero-order valence-corrected chi connectivity index (χ0v) is 22.3. The molecule has 0 radical (unpaired) electrons. The fourth-order valence-electron chi connectivity index (χ4n) is 4.38. The second kappa shape index (κ2) is 11.5. The van der Waals surface area contributed by atoms with Gasteiger partial charge in [-0.05, 0) is 52.0 Å². The van der Waals surface area contributed by atoms with Crippen LogP contribution in [-0.2, 0) is 31.3 Å². The molecule has 3 aromatic rings. The van der Waals surface area contributed by atoms with Crippen LogP contribution in [0.1, 0.15) is 33.3 Å². The molecule has 2 unspecified atom stereocenters. The molecule has 2 fully saturated rings. The maximum absolute atomic E-state index is 12.6. The third-order valence-electron chi connectivity index (χ3n) is 6.28. The van der Waals surface area contributed by atoms with Crippen LogP contribution in [0.25, 0.3) is 11.3 Å². The van der Waals surface area contributed by atoms with Gasteiger partial charge in [-0.2, -0.15) is 13.9 Å². The van der Waals surface area contributed by atoms with E-state index in [-0.39, 0.29) is 17.1 Å². The molecule has 1 aromatic heterocycles. The molecule has 2 aliphatic heterocycles. The normalized spacial score (nSPS) is 19.5. The topological polar surface area (TPSA) is 85.9 Å². The number of fused-ring (bicyclic) bond motifs is 1. The minimum atomic E-state index is -2.90. The molecule has 11 heteroatoms. The van der Waals surface area contributed by atoms with Gasteiger partial charge in [0.05, 0.1) is 18.0 Å². The number of hydrogen-bond donors (Lipinski definition) is 0. The number of ether oxygens (including phenoxy) is 3. The minimum Gasteiger partial charge on any atom is -0.462 e. The molecule has 9 nitrogen and oxygen atoms in total. The molecule has 0 spiro atoms. The van der Waals surface area contributed by atoms with Gasteiger partial charge in [0.2, 0.25) is 6.41 Å². The van der Waals surface area contributed by atoms with Gasteiger partial charge in [0, 0.05) is 36.8 Å². The summed E-state index contributed by atoms with van der Waals surface area (Å²) in [5.74, 6) is 0.629. The second-order valence-corrected chi connectivity index (χ2v) is 10.0. The van der Waals surface area contributed by atoms with E-state index in [1.54, 1.807) is 22.9 Å². The average molecular weight is 543 g/mol. The number of anilines is 2. The molecule has 2 aromatic carbocycles. The number of halogens is 2. The Morgan fingerprint density at radius 2 is 1.90 bits per heavy atom. The number of carbonyl (C=O) groups is 2. The van der Waals surface area contributed by atoms with Crippen LogP contribution in [0, 0.1) is 0 Å². The lowest BCUT2D eigenvalue weighted by molar-refractivity contribution is -0.138. The molecular weight excluding hydrogens is 510 g/mol. The number of hydrogen-bond acceptors (Lipinski definition) is 7. The number of amides is 1. The monoisotopic (exact) mass is 542 g/mol. The first-order chi connectivity index (χ1) is 18.6. The highest BCUT2D eigenvalue weighted by Gasteiger charge is 2.58. The highest BCUT2D eigenvalue weighted by atomic mass is 19.3. The average Bonchev–Trinajstić information content (AvgIpc) is 3.21. The number of benzene rings is 2. The molecule has 5 rings (SSSR count). The van der Waals surface area contributed by atoms with E-state index in [2.05, 4.69) is 19.5 Å². The van der Waals surface area contributed by atoms with Gasteiger partial charge in [0.15, 0.2) is 5.72 Å². The maximum Gasteiger partial charge on any atom is 0.387 e. The van der Waals surface area contributed by atoms with Gasteiger partial charge in [-0.25, -0.2) is 4.68 Å².